The molecule has 56 valence electrons. The zero-order valence-corrected chi connectivity index (χ0v) is 5.79. The largest absolute Gasteiger partial charge is 0.391 e. The van der Waals surface area contributed by atoms with Gasteiger partial charge in [-0.1, -0.05) is 20.8 Å². The van der Waals surface area contributed by atoms with E-state index in [4.69, 9.17) is 0 Å². The van der Waals surface area contributed by atoms with Crippen LogP contribution >= 0.6 is 0 Å². The Hall–Kier alpha value is -0.210. The van der Waals surface area contributed by atoms with Gasteiger partial charge < -0.3 is 0 Å². The molecule has 0 spiro atoms. The first-order valence-electron chi connectivity index (χ1n) is 2.92. The molecule has 0 nitrogen and oxygen atoms in total. The minimum atomic E-state index is -4.02. The van der Waals surface area contributed by atoms with Crippen molar-refractivity contribution in [2.24, 2.45) is 11.8 Å². The molecule has 0 N–H and O–H groups in total. The lowest BCUT2D eigenvalue weighted by Gasteiger charge is -2.18. The summed E-state index contributed by atoms with van der Waals surface area (Å²) in [7, 11) is 0. The third kappa shape index (κ3) is 2.72. The van der Waals surface area contributed by atoms with Crippen LogP contribution < -0.4 is 0 Å². The first-order valence-corrected chi connectivity index (χ1v) is 2.92. The molecule has 0 saturated heterocycles. The molecule has 0 rings (SSSR count). The maximum absolute atomic E-state index is 11.7. The van der Waals surface area contributed by atoms with E-state index in [1.54, 1.807) is 13.8 Å². The molecule has 0 aromatic heterocycles. The Morgan fingerprint density at radius 1 is 1.00 bits per heavy atom. The van der Waals surface area contributed by atoms with Crippen molar-refractivity contribution in [2.75, 3.05) is 0 Å². The van der Waals surface area contributed by atoms with Crippen LogP contribution in [0.1, 0.15) is 20.8 Å². The molecule has 0 aliphatic rings. The van der Waals surface area contributed by atoms with Crippen LogP contribution in [0.15, 0.2) is 0 Å². The van der Waals surface area contributed by atoms with Crippen LogP contribution in [0.4, 0.5) is 13.2 Å². The quantitative estimate of drug-likeness (QED) is 0.525. The lowest BCUT2D eigenvalue weighted by atomic mass is 9.98. The molecule has 3 heteroatoms. The van der Waals surface area contributed by atoms with Crippen molar-refractivity contribution in [3.8, 4) is 0 Å². The van der Waals surface area contributed by atoms with Crippen molar-refractivity contribution in [3.05, 3.63) is 0 Å². The third-order valence-electron chi connectivity index (χ3n) is 1.52. The first-order chi connectivity index (χ1) is 3.85. The summed E-state index contributed by atoms with van der Waals surface area (Å²) in [5, 5.41) is 0. The average Bonchev–Trinajstić information content (AvgIpc) is 1.62. The van der Waals surface area contributed by atoms with Crippen LogP contribution in [-0.2, 0) is 0 Å². The Kier molecular flexibility index (Phi) is 2.52. The molecule has 1 unspecified atom stereocenters. The number of rotatable bonds is 1. The van der Waals surface area contributed by atoms with Crippen molar-refractivity contribution < 1.29 is 13.2 Å². The molecule has 0 heterocycles. The van der Waals surface area contributed by atoms with Gasteiger partial charge in [-0.2, -0.15) is 13.2 Å². The molecular formula is C6H11F3. The molecule has 0 saturated carbocycles. The van der Waals surface area contributed by atoms with E-state index in [-0.39, 0.29) is 5.92 Å². The summed E-state index contributed by atoms with van der Waals surface area (Å²) >= 11 is 0. The second-order valence-corrected chi connectivity index (χ2v) is 2.57. The molecule has 0 fully saturated rings. The van der Waals surface area contributed by atoms with Crippen molar-refractivity contribution >= 4 is 0 Å². The van der Waals surface area contributed by atoms with Crippen molar-refractivity contribution in [2.45, 2.75) is 26.9 Å². The van der Waals surface area contributed by atoms with Gasteiger partial charge in [-0.15, -0.1) is 0 Å². The van der Waals surface area contributed by atoms with E-state index >= 15 is 0 Å². The standard InChI is InChI=1S/C6H11F3/c1-4(2)5(3)6(7,8)9/h4-5H,1-3H3. The highest BCUT2D eigenvalue weighted by molar-refractivity contribution is 4.64. The van der Waals surface area contributed by atoms with Gasteiger partial charge in [-0.05, 0) is 5.92 Å². The monoisotopic (exact) mass is 140 g/mol. The van der Waals surface area contributed by atoms with Crippen LogP contribution in [0.3, 0.4) is 0 Å². The van der Waals surface area contributed by atoms with E-state index in [9.17, 15) is 13.2 Å². The molecule has 0 aromatic rings. The molecule has 0 bridgehead atoms. The summed E-state index contributed by atoms with van der Waals surface area (Å²) in [6.45, 7) is 4.33. The second-order valence-electron chi connectivity index (χ2n) is 2.57. The summed E-state index contributed by atoms with van der Waals surface area (Å²) in [5.41, 5.74) is 0. The molecule has 0 aliphatic heterocycles. The van der Waals surface area contributed by atoms with Crippen LogP contribution in [0.2, 0.25) is 0 Å². The second kappa shape index (κ2) is 2.58. The maximum atomic E-state index is 11.7. The predicted octanol–water partition coefficient (Wildman–Crippen LogP) is 2.84. The average molecular weight is 140 g/mol. The van der Waals surface area contributed by atoms with Gasteiger partial charge in [-0.25, -0.2) is 0 Å². The van der Waals surface area contributed by atoms with Gasteiger partial charge in [0.25, 0.3) is 0 Å². The van der Waals surface area contributed by atoms with E-state index in [0.29, 0.717) is 0 Å². The number of hydrogen-bond donors (Lipinski definition) is 0. The lowest BCUT2D eigenvalue weighted by molar-refractivity contribution is -0.180. The number of hydrogen-bond acceptors (Lipinski definition) is 0. The number of alkyl halides is 3. The van der Waals surface area contributed by atoms with E-state index in [0.717, 1.165) is 0 Å². The highest BCUT2D eigenvalue weighted by Gasteiger charge is 2.37. The molecule has 0 aliphatic carbocycles. The molecule has 0 aromatic carbocycles. The van der Waals surface area contributed by atoms with Crippen LogP contribution in [0, 0.1) is 11.8 Å². The summed E-state index contributed by atoms with van der Waals surface area (Å²) in [6, 6.07) is 0. The van der Waals surface area contributed by atoms with Gasteiger partial charge >= 0.3 is 6.18 Å². The molecule has 1 atom stereocenters. The number of halogens is 3. The normalized spacial score (nSPS) is 16.3. The van der Waals surface area contributed by atoms with Crippen molar-refractivity contribution in [1.29, 1.82) is 0 Å². The van der Waals surface area contributed by atoms with E-state index in [1.165, 1.54) is 6.92 Å². The Morgan fingerprint density at radius 2 is 1.33 bits per heavy atom. The van der Waals surface area contributed by atoms with Gasteiger partial charge in [0.1, 0.15) is 0 Å². The van der Waals surface area contributed by atoms with Gasteiger partial charge in [0.15, 0.2) is 0 Å². The topological polar surface area (TPSA) is 0 Å². The van der Waals surface area contributed by atoms with Crippen molar-refractivity contribution in [3.63, 3.8) is 0 Å². The van der Waals surface area contributed by atoms with Gasteiger partial charge in [0.2, 0.25) is 0 Å². The molecule has 9 heavy (non-hydrogen) atoms. The fourth-order valence-electron chi connectivity index (χ4n) is 0.378. The molecule has 0 radical (unpaired) electrons. The summed E-state index contributed by atoms with van der Waals surface area (Å²) in [6.07, 6.45) is -4.02. The zero-order valence-electron chi connectivity index (χ0n) is 5.79. The Morgan fingerprint density at radius 3 is 1.33 bits per heavy atom. The predicted molar refractivity (Wildman–Crippen MR) is 30.1 cm³/mol. The summed E-state index contributed by atoms with van der Waals surface area (Å²) in [5.74, 6) is -1.50. The van der Waals surface area contributed by atoms with Crippen molar-refractivity contribution in [1.82, 2.24) is 0 Å². The highest BCUT2D eigenvalue weighted by atomic mass is 19.4. The fourth-order valence-corrected chi connectivity index (χ4v) is 0.378. The first kappa shape index (κ1) is 8.79. The lowest BCUT2D eigenvalue weighted by Crippen LogP contribution is -2.24. The van der Waals surface area contributed by atoms with Crippen LogP contribution in [0.25, 0.3) is 0 Å². The summed E-state index contributed by atoms with van der Waals surface area (Å²) < 4.78 is 35.1. The molecule has 0 amide bonds. The van der Waals surface area contributed by atoms with Gasteiger partial charge in [-0.3, -0.25) is 0 Å². The summed E-state index contributed by atoms with van der Waals surface area (Å²) in [4.78, 5) is 0. The minimum absolute atomic E-state index is 0.315. The maximum Gasteiger partial charge on any atom is 0.391 e. The fraction of sp³-hybridized carbons (Fsp3) is 1.00. The smallest absolute Gasteiger partial charge is 0.171 e. The van der Waals surface area contributed by atoms with Gasteiger partial charge in [0.05, 0.1) is 5.92 Å². The molecular weight excluding hydrogens is 129 g/mol. The van der Waals surface area contributed by atoms with E-state index < -0.39 is 12.1 Å². The Labute approximate surface area is 53.1 Å². The van der Waals surface area contributed by atoms with E-state index in [1.807, 2.05) is 0 Å². The zero-order chi connectivity index (χ0) is 7.65. The third-order valence-corrected chi connectivity index (χ3v) is 1.52. The highest BCUT2D eigenvalue weighted by Crippen LogP contribution is 2.30. The Balaban J connectivity index is 3.88. The van der Waals surface area contributed by atoms with E-state index in [2.05, 4.69) is 0 Å². The van der Waals surface area contributed by atoms with Crippen LogP contribution in [-0.4, -0.2) is 6.18 Å². The minimum Gasteiger partial charge on any atom is -0.171 e. The van der Waals surface area contributed by atoms with Gasteiger partial charge in [0, 0.05) is 0 Å². The SMILES string of the molecule is CC(C)C(C)C(F)(F)F. The van der Waals surface area contributed by atoms with Crippen LogP contribution in [0.5, 0.6) is 0 Å². The Bertz CT molecular complexity index is 82.8.